The lowest BCUT2D eigenvalue weighted by Crippen LogP contribution is -2.51. The molecule has 1 aromatic carbocycles. The fourth-order valence-electron chi connectivity index (χ4n) is 3.17. The van der Waals surface area contributed by atoms with Crippen LogP contribution in [0.3, 0.4) is 0 Å². The third-order valence-corrected chi connectivity index (χ3v) is 8.69. The number of benzene rings is 1. The largest absolute Gasteiger partial charge is 0.338 e. The van der Waals surface area contributed by atoms with Crippen molar-refractivity contribution in [2.24, 2.45) is 0 Å². The Morgan fingerprint density at radius 3 is 2.36 bits per heavy atom. The quantitative estimate of drug-likeness (QED) is 0.691. The molecule has 152 valence electrons. The molecule has 28 heavy (non-hydrogen) atoms. The van der Waals surface area contributed by atoms with E-state index in [4.69, 9.17) is 11.6 Å². The molecule has 1 aromatic heterocycles. The van der Waals surface area contributed by atoms with Gasteiger partial charge >= 0.3 is 0 Å². The maximum absolute atomic E-state index is 12.7. The number of likely N-dealkylation sites (N-methyl/N-ethyl adjacent to an activating group) is 1. The van der Waals surface area contributed by atoms with E-state index in [-0.39, 0.29) is 22.7 Å². The summed E-state index contributed by atoms with van der Waals surface area (Å²) in [6.07, 6.45) is 0. The zero-order valence-corrected chi connectivity index (χ0v) is 18.3. The van der Waals surface area contributed by atoms with Gasteiger partial charge in [0.05, 0.1) is 16.9 Å². The van der Waals surface area contributed by atoms with E-state index in [1.54, 1.807) is 18.0 Å². The van der Waals surface area contributed by atoms with Crippen molar-refractivity contribution in [3.05, 3.63) is 52.4 Å². The Kier molecular flexibility index (Phi) is 6.77. The highest BCUT2D eigenvalue weighted by atomic mass is 35.5. The molecule has 1 fully saturated rings. The molecule has 1 atom stereocenters. The molecule has 0 N–H and O–H groups in total. The van der Waals surface area contributed by atoms with Gasteiger partial charge in [0.25, 0.3) is 10.0 Å². The van der Waals surface area contributed by atoms with E-state index >= 15 is 0 Å². The average molecular weight is 442 g/mol. The predicted octanol–water partition coefficient (Wildman–Crippen LogP) is 2.93. The molecule has 1 saturated heterocycles. The Labute approximate surface area is 175 Å². The summed E-state index contributed by atoms with van der Waals surface area (Å²) < 4.78 is 27.5. The molecule has 1 amide bonds. The summed E-state index contributed by atoms with van der Waals surface area (Å²) in [5, 5.41) is 0. The Morgan fingerprint density at radius 1 is 1.14 bits per heavy atom. The minimum absolute atomic E-state index is 0.0149. The number of amides is 1. The van der Waals surface area contributed by atoms with Crippen molar-refractivity contribution < 1.29 is 13.2 Å². The van der Waals surface area contributed by atoms with Crippen molar-refractivity contribution in [1.82, 2.24) is 14.1 Å². The first-order valence-electron chi connectivity index (χ1n) is 9.07. The second kappa shape index (κ2) is 8.92. The van der Waals surface area contributed by atoms with Gasteiger partial charge in [0.1, 0.15) is 4.21 Å². The number of sulfonamides is 1. The van der Waals surface area contributed by atoms with Crippen LogP contribution in [0.25, 0.3) is 0 Å². The number of hydrogen-bond acceptors (Lipinski definition) is 5. The van der Waals surface area contributed by atoms with Crippen LogP contribution >= 0.6 is 22.9 Å². The van der Waals surface area contributed by atoms with Gasteiger partial charge < -0.3 is 4.90 Å². The van der Waals surface area contributed by atoms with Crippen LogP contribution in [0.5, 0.6) is 0 Å². The van der Waals surface area contributed by atoms with Gasteiger partial charge in [-0.1, -0.05) is 41.9 Å². The summed E-state index contributed by atoms with van der Waals surface area (Å²) in [4.78, 5) is 16.4. The Morgan fingerprint density at radius 2 is 1.79 bits per heavy atom. The number of halogens is 1. The minimum atomic E-state index is -3.51. The van der Waals surface area contributed by atoms with E-state index in [0.29, 0.717) is 30.5 Å². The second-order valence-electron chi connectivity index (χ2n) is 6.83. The van der Waals surface area contributed by atoms with Crippen molar-refractivity contribution in [1.29, 1.82) is 0 Å². The van der Waals surface area contributed by atoms with Gasteiger partial charge in [0.2, 0.25) is 5.91 Å². The standard InChI is InChI=1S/C19H24ClN3O3S2/c1-15(16-6-4-3-5-7-16)21(2)18(24)14-22-10-12-23(13-11-22)28(25,26)19-9-8-17(20)27-19/h3-9,15H,10-14H2,1-2H3. The summed E-state index contributed by atoms with van der Waals surface area (Å²) in [6.45, 7) is 4.07. The lowest BCUT2D eigenvalue weighted by Gasteiger charge is -2.35. The van der Waals surface area contributed by atoms with E-state index in [2.05, 4.69) is 0 Å². The van der Waals surface area contributed by atoms with Crippen molar-refractivity contribution in [3.63, 3.8) is 0 Å². The molecule has 0 saturated carbocycles. The monoisotopic (exact) mass is 441 g/mol. The van der Waals surface area contributed by atoms with Crippen LogP contribution in [0, 0.1) is 0 Å². The number of rotatable bonds is 6. The molecule has 0 aliphatic carbocycles. The van der Waals surface area contributed by atoms with Crippen LogP contribution in [0.1, 0.15) is 18.5 Å². The van der Waals surface area contributed by atoms with Crippen LogP contribution in [-0.2, 0) is 14.8 Å². The van der Waals surface area contributed by atoms with Crippen molar-refractivity contribution in [2.45, 2.75) is 17.2 Å². The van der Waals surface area contributed by atoms with Gasteiger partial charge in [0.15, 0.2) is 0 Å². The zero-order valence-electron chi connectivity index (χ0n) is 15.9. The van der Waals surface area contributed by atoms with Crippen LogP contribution < -0.4 is 0 Å². The molecule has 0 radical (unpaired) electrons. The second-order valence-corrected chi connectivity index (χ2v) is 10.7. The Bertz CT molecular complexity index is 910. The van der Waals surface area contributed by atoms with Crippen LogP contribution in [0.4, 0.5) is 0 Å². The zero-order chi connectivity index (χ0) is 20.3. The van der Waals surface area contributed by atoms with Crippen molar-refractivity contribution in [2.75, 3.05) is 39.8 Å². The number of thiophene rings is 1. The van der Waals surface area contributed by atoms with Gasteiger partial charge in [-0.25, -0.2) is 8.42 Å². The highest BCUT2D eigenvalue weighted by Crippen LogP contribution is 2.28. The fourth-order valence-corrected chi connectivity index (χ4v) is 6.22. The van der Waals surface area contributed by atoms with E-state index in [1.165, 1.54) is 10.4 Å². The molecular formula is C19H24ClN3O3S2. The molecule has 1 aliphatic rings. The number of carbonyl (C=O) groups excluding carboxylic acids is 1. The highest BCUT2D eigenvalue weighted by Gasteiger charge is 2.30. The fraction of sp³-hybridized carbons (Fsp3) is 0.421. The first kappa shape index (κ1) is 21.3. The van der Waals surface area contributed by atoms with Crippen molar-refractivity contribution in [3.8, 4) is 0 Å². The normalized spacial score (nSPS) is 17.4. The highest BCUT2D eigenvalue weighted by molar-refractivity contribution is 7.91. The summed E-state index contributed by atoms with van der Waals surface area (Å²) in [7, 11) is -1.71. The molecule has 3 rings (SSSR count). The number of hydrogen-bond donors (Lipinski definition) is 0. The first-order chi connectivity index (χ1) is 13.3. The maximum atomic E-state index is 12.7. The summed E-state index contributed by atoms with van der Waals surface area (Å²) in [5.41, 5.74) is 1.09. The summed E-state index contributed by atoms with van der Waals surface area (Å²) in [5.74, 6) is 0.0256. The van der Waals surface area contributed by atoms with E-state index in [0.717, 1.165) is 16.9 Å². The van der Waals surface area contributed by atoms with E-state index in [9.17, 15) is 13.2 Å². The van der Waals surface area contributed by atoms with Gasteiger partial charge in [-0.05, 0) is 24.6 Å². The predicted molar refractivity (Wildman–Crippen MR) is 112 cm³/mol. The lowest BCUT2D eigenvalue weighted by molar-refractivity contribution is -0.133. The third kappa shape index (κ3) is 4.75. The number of carbonyl (C=O) groups is 1. The maximum Gasteiger partial charge on any atom is 0.252 e. The molecule has 2 aromatic rings. The van der Waals surface area contributed by atoms with Crippen LogP contribution in [0.15, 0.2) is 46.7 Å². The Balaban J connectivity index is 1.54. The summed E-state index contributed by atoms with van der Waals surface area (Å²) in [6, 6.07) is 13.0. The Hall–Kier alpha value is -1.45. The third-order valence-electron chi connectivity index (χ3n) is 5.09. The van der Waals surface area contributed by atoms with Gasteiger partial charge in [-0.3, -0.25) is 9.69 Å². The van der Waals surface area contributed by atoms with E-state index in [1.807, 2.05) is 42.2 Å². The molecule has 2 heterocycles. The molecule has 1 aliphatic heterocycles. The smallest absolute Gasteiger partial charge is 0.252 e. The van der Waals surface area contributed by atoms with Crippen LogP contribution in [-0.4, -0.2) is 68.2 Å². The van der Waals surface area contributed by atoms with E-state index < -0.39 is 10.0 Å². The number of piperazine rings is 1. The lowest BCUT2D eigenvalue weighted by atomic mass is 10.1. The molecule has 1 unspecified atom stereocenters. The molecule has 0 spiro atoms. The molecule has 9 heteroatoms. The molecule has 6 nitrogen and oxygen atoms in total. The average Bonchev–Trinajstić information content (AvgIpc) is 3.15. The van der Waals surface area contributed by atoms with Gasteiger partial charge in [-0.15, -0.1) is 11.3 Å². The SMILES string of the molecule is CC(c1ccccc1)N(C)C(=O)CN1CCN(S(=O)(=O)c2ccc(Cl)s2)CC1. The summed E-state index contributed by atoms with van der Waals surface area (Å²) >= 11 is 6.94. The topological polar surface area (TPSA) is 60.9 Å². The van der Waals surface area contributed by atoms with Gasteiger partial charge in [-0.2, -0.15) is 4.31 Å². The van der Waals surface area contributed by atoms with Gasteiger partial charge in [0, 0.05) is 33.2 Å². The first-order valence-corrected chi connectivity index (χ1v) is 11.7. The number of nitrogens with zero attached hydrogens (tertiary/aromatic N) is 3. The van der Waals surface area contributed by atoms with Crippen molar-refractivity contribution >= 4 is 38.9 Å². The minimum Gasteiger partial charge on any atom is -0.338 e. The van der Waals surface area contributed by atoms with Crippen LogP contribution in [0.2, 0.25) is 4.34 Å². The molecule has 0 bridgehead atoms. The molecular weight excluding hydrogens is 418 g/mol.